The standard InChI is InChI=1S/C8H26P16/c1-3-4(2)6(20(12)18-10)8(21(13)23(14)15)7(5(3)9)22(19-11)24(16)17/h18-19H,9-17H2,1-2H3. The summed E-state index contributed by atoms with van der Waals surface area (Å²) in [6.45, 7) is 4.42. The SMILES string of the molecule is Cc1c(C)c(P(P)PP)c(P(P)P(P)P)c(P(PP)P(P)P)c1P. The minimum absolute atomic E-state index is 0.106. The summed E-state index contributed by atoms with van der Waals surface area (Å²) in [5.41, 5.74) is 3.01. The Morgan fingerprint density at radius 3 is 1.62 bits per heavy atom. The van der Waals surface area contributed by atoms with Crippen LogP contribution in [0.15, 0.2) is 0 Å². The summed E-state index contributed by atoms with van der Waals surface area (Å²) in [7, 11) is 29.2. The lowest BCUT2D eigenvalue weighted by molar-refractivity contribution is 1.41. The highest BCUT2D eigenvalue weighted by molar-refractivity contribution is 8.89. The van der Waals surface area contributed by atoms with E-state index in [9.17, 15) is 0 Å². The molecule has 0 aliphatic heterocycles. The zero-order valence-corrected chi connectivity index (χ0v) is 30.3. The Kier molecular flexibility index (Phi) is 15.9. The molecule has 1 aromatic rings. The summed E-state index contributed by atoms with van der Waals surface area (Å²) >= 11 is 0. The first-order valence-corrected chi connectivity index (χ1v) is 32.1. The Morgan fingerprint density at radius 1 is 0.708 bits per heavy atom. The molecular weight excluding hydrogens is 592 g/mol. The van der Waals surface area contributed by atoms with E-state index in [0.29, 0.717) is 0 Å². The van der Waals surface area contributed by atoms with Crippen molar-refractivity contribution in [2.45, 2.75) is 13.8 Å². The van der Waals surface area contributed by atoms with E-state index in [4.69, 9.17) is 0 Å². The average molecular weight is 618 g/mol. The third-order valence-electron chi connectivity index (χ3n) is 3.45. The lowest BCUT2D eigenvalue weighted by atomic mass is 10.1. The second-order valence-corrected chi connectivity index (χ2v) is 47.6. The van der Waals surface area contributed by atoms with Crippen molar-refractivity contribution in [2.75, 3.05) is 0 Å². The Morgan fingerprint density at radius 2 is 1.25 bits per heavy atom. The van der Waals surface area contributed by atoms with Gasteiger partial charge in [0.2, 0.25) is 0 Å². The highest BCUT2D eigenvalue weighted by Gasteiger charge is 2.30. The summed E-state index contributed by atoms with van der Waals surface area (Å²) in [6, 6.07) is 0. The molecule has 0 aliphatic rings. The summed E-state index contributed by atoms with van der Waals surface area (Å²) in [4.78, 5) is 0. The number of hydrogen-bond donors (Lipinski definition) is 0. The Labute approximate surface area is 177 Å². The fraction of sp³-hybridized carbons (Fsp3) is 0.250. The topological polar surface area (TPSA) is 0 Å². The van der Waals surface area contributed by atoms with E-state index < -0.39 is 0 Å². The molecule has 14 unspecified atom stereocenters. The van der Waals surface area contributed by atoms with Gasteiger partial charge in [0.05, 0.1) is 0 Å². The molecule has 0 spiro atoms. The van der Waals surface area contributed by atoms with Gasteiger partial charge in [0.15, 0.2) is 0 Å². The van der Waals surface area contributed by atoms with Crippen LogP contribution in [0.1, 0.15) is 11.1 Å². The normalized spacial score (nSPS) is 16.9. The zero-order chi connectivity index (χ0) is 18.8. The second kappa shape index (κ2) is 13.6. The van der Waals surface area contributed by atoms with Crippen molar-refractivity contribution in [3.8, 4) is 0 Å². The third-order valence-corrected chi connectivity index (χ3v) is 51.5. The molecule has 138 valence electrons. The van der Waals surface area contributed by atoms with Crippen LogP contribution in [0.5, 0.6) is 0 Å². The number of hydrogen-bond acceptors (Lipinski definition) is 0. The molecule has 0 aromatic heterocycles. The van der Waals surface area contributed by atoms with E-state index in [1.165, 1.54) is 16.4 Å². The van der Waals surface area contributed by atoms with E-state index >= 15 is 0 Å². The van der Waals surface area contributed by atoms with Crippen molar-refractivity contribution in [3.05, 3.63) is 11.1 Å². The molecule has 0 amide bonds. The van der Waals surface area contributed by atoms with Gasteiger partial charge in [0.1, 0.15) is 0 Å². The molecule has 1 rings (SSSR count). The van der Waals surface area contributed by atoms with Crippen LogP contribution in [0.3, 0.4) is 0 Å². The molecule has 0 bridgehead atoms. The second-order valence-electron chi connectivity index (χ2n) is 4.75. The molecule has 24 heavy (non-hydrogen) atoms. The first-order valence-electron chi connectivity index (χ1n) is 6.43. The molecule has 1 aromatic carbocycles. The van der Waals surface area contributed by atoms with Gasteiger partial charge >= 0.3 is 0 Å². The van der Waals surface area contributed by atoms with Crippen LogP contribution in [-0.4, -0.2) is 0 Å². The van der Waals surface area contributed by atoms with Gasteiger partial charge in [0, 0.05) is 10.6 Å². The fourth-order valence-electron chi connectivity index (χ4n) is 2.13. The molecule has 0 saturated heterocycles. The van der Waals surface area contributed by atoms with Gasteiger partial charge in [-0.05, 0) is 71.5 Å². The van der Waals surface area contributed by atoms with Crippen LogP contribution in [0.4, 0.5) is 0 Å². The fourth-order valence-corrected chi connectivity index (χ4v) is 39.6. The summed E-state index contributed by atoms with van der Waals surface area (Å²) in [5, 5.41) is 6.54. The van der Waals surface area contributed by atoms with Crippen molar-refractivity contribution < 1.29 is 0 Å². The number of benzene rings is 1. The Hall–Kier alpha value is 6.10. The van der Waals surface area contributed by atoms with Crippen LogP contribution < -0.4 is 21.2 Å². The van der Waals surface area contributed by atoms with Crippen LogP contribution in [0.2, 0.25) is 0 Å². The molecule has 0 nitrogen and oxygen atoms in total. The van der Waals surface area contributed by atoms with Crippen LogP contribution in [-0.2, 0) is 0 Å². The van der Waals surface area contributed by atoms with Crippen LogP contribution in [0, 0.1) is 13.8 Å². The first kappa shape index (κ1) is 28.1. The van der Waals surface area contributed by atoms with E-state index in [0.717, 1.165) is 15.9 Å². The van der Waals surface area contributed by atoms with E-state index in [1.54, 1.807) is 15.9 Å². The quantitative estimate of drug-likeness (QED) is 0.279. The van der Waals surface area contributed by atoms with Crippen LogP contribution in [0.25, 0.3) is 0 Å². The Bertz CT molecular complexity index is 570. The maximum atomic E-state index is 3.22. The van der Waals surface area contributed by atoms with Gasteiger partial charge in [0.25, 0.3) is 0 Å². The molecule has 0 heterocycles. The molecule has 14 atom stereocenters. The predicted molar refractivity (Wildman–Crippen MR) is 173 cm³/mol. The average Bonchev–Trinajstić information content (AvgIpc) is 2.53. The molecule has 0 saturated carbocycles. The zero-order valence-electron chi connectivity index (χ0n) is 13.4. The minimum Gasteiger partial charge on any atom is -0.109 e. The van der Waals surface area contributed by atoms with E-state index in [-0.39, 0.29) is 35.9 Å². The van der Waals surface area contributed by atoms with Gasteiger partial charge in [-0.2, -0.15) is 0 Å². The van der Waals surface area contributed by atoms with Crippen LogP contribution >= 0.6 is 132 Å². The molecule has 16 heteroatoms. The Balaban J connectivity index is 3.93. The summed E-state index contributed by atoms with van der Waals surface area (Å²) in [6.07, 6.45) is 0. The van der Waals surface area contributed by atoms with Crippen molar-refractivity contribution >= 4 is 154 Å². The third kappa shape index (κ3) is 7.05. The minimum atomic E-state index is -0.227. The number of rotatable bonds is 7. The lowest BCUT2D eigenvalue weighted by Gasteiger charge is -2.34. The van der Waals surface area contributed by atoms with E-state index in [2.05, 4.69) is 94.5 Å². The molecule has 0 N–H and O–H groups in total. The monoisotopic (exact) mass is 618 g/mol. The van der Waals surface area contributed by atoms with Crippen molar-refractivity contribution in [2.24, 2.45) is 0 Å². The summed E-state index contributed by atoms with van der Waals surface area (Å²) < 4.78 is 0. The molecule has 0 aliphatic carbocycles. The van der Waals surface area contributed by atoms with Crippen molar-refractivity contribution in [1.29, 1.82) is 0 Å². The maximum absolute atomic E-state index is 3.22. The maximum Gasteiger partial charge on any atom is 0.00238 e. The van der Waals surface area contributed by atoms with Gasteiger partial charge in [-0.15, -0.1) is 80.7 Å². The highest BCUT2D eigenvalue weighted by atomic mass is 32.9. The highest BCUT2D eigenvalue weighted by Crippen LogP contribution is 2.89. The van der Waals surface area contributed by atoms with Gasteiger partial charge in [-0.25, -0.2) is 0 Å². The predicted octanol–water partition coefficient (Wildman–Crippen LogP) is 7.43. The molecular formula is C8H26P16. The molecule has 0 radical (unpaired) electrons. The van der Waals surface area contributed by atoms with E-state index in [1.807, 2.05) is 0 Å². The first-order chi connectivity index (χ1) is 11.1. The smallest absolute Gasteiger partial charge is 0.00238 e. The van der Waals surface area contributed by atoms with Gasteiger partial charge in [-0.3, -0.25) is 0 Å². The largest absolute Gasteiger partial charge is 0.109 e. The van der Waals surface area contributed by atoms with Gasteiger partial charge in [-0.1, -0.05) is 15.9 Å². The van der Waals surface area contributed by atoms with Crippen molar-refractivity contribution in [1.82, 2.24) is 0 Å². The van der Waals surface area contributed by atoms with Gasteiger partial charge < -0.3 is 0 Å². The summed E-state index contributed by atoms with van der Waals surface area (Å²) in [5.74, 6) is 0. The molecule has 0 fully saturated rings. The van der Waals surface area contributed by atoms with Crippen molar-refractivity contribution in [3.63, 3.8) is 0 Å². The lowest BCUT2D eigenvalue weighted by Crippen LogP contribution is -2.41.